The Balaban J connectivity index is 1.96. The molecule has 3 rings (SSSR count). The number of hydrogen-bond donors (Lipinski definition) is 1. The molecular weight excluding hydrogens is 196 g/mol. The number of likely N-dealkylation sites (N-methyl/N-ethyl adjacent to an activating group) is 1. The van der Waals surface area contributed by atoms with Crippen molar-refractivity contribution >= 4 is 6.08 Å². The molecule has 1 aromatic carbocycles. The molecule has 1 aliphatic carbocycles. The van der Waals surface area contributed by atoms with Gasteiger partial charge in [0.05, 0.1) is 6.04 Å². The van der Waals surface area contributed by atoms with Gasteiger partial charge in [-0.3, -0.25) is 0 Å². The lowest BCUT2D eigenvalue weighted by Crippen LogP contribution is -2.27. The van der Waals surface area contributed by atoms with Crippen molar-refractivity contribution in [2.75, 3.05) is 20.1 Å². The molecule has 0 bridgehead atoms. The lowest BCUT2D eigenvalue weighted by Gasteiger charge is -2.25. The lowest BCUT2D eigenvalue weighted by molar-refractivity contribution is 0.387. The molecule has 84 valence electrons. The van der Waals surface area contributed by atoms with Crippen molar-refractivity contribution in [2.45, 2.75) is 18.9 Å². The molecule has 0 spiro atoms. The molecule has 2 nitrogen and oxygen atoms in total. The van der Waals surface area contributed by atoms with E-state index in [1.807, 2.05) is 0 Å². The normalized spacial score (nSPS) is 23.4. The van der Waals surface area contributed by atoms with Gasteiger partial charge in [-0.15, -0.1) is 0 Å². The zero-order chi connectivity index (χ0) is 11.0. The smallest absolute Gasteiger partial charge is 0.0731 e. The maximum absolute atomic E-state index is 3.44. The first-order valence-corrected chi connectivity index (χ1v) is 6.13. The van der Waals surface area contributed by atoms with Gasteiger partial charge in [-0.25, -0.2) is 0 Å². The van der Waals surface area contributed by atoms with Crippen LogP contribution in [0.25, 0.3) is 6.08 Å². The quantitative estimate of drug-likeness (QED) is 0.813. The van der Waals surface area contributed by atoms with Gasteiger partial charge in [0.15, 0.2) is 0 Å². The molecule has 0 amide bonds. The molecule has 1 saturated heterocycles. The molecule has 16 heavy (non-hydrogen) atoms. The molecule has 0 saturated carbocycles. The maximum Gasteiger partial charge on any atom is 0.0731 e. The summed E-state index contributed by atoms with van der Waals surface area (Å²) in [5, 5.41) is 3.44. The Morgan fingerprint density at radius 3 is 2.69 bits per heavy atom. The van der Waals surface area contributed by atoms with Crippen LogP contribution in [0.15, 0.2) is 30.0 Å². The fourth-order valence-electron chi connectivity index (χ4n) is 2.86. The minimum atomic E-state index is 0.397. The number of fused-ring (bicyclic) bond motifs is 1. The first-order chi connectivity index (χ1) is 7.90. The minimum absolute atomic E-state index is 0.397. The summed E-state index contributed by atoms with van der Waals surface area (Å²) in [6, 6.07) is 9.09. The largest absolute Gasteiger partial charge is 0.373 e. The van der Waals surface area contributed by atoms with Gasteiger partial charge in [0.25, 0.3) is 0 Å². The Morgan fingerprint density at radius 2 is 1.94 bits per heavy atom. The predicted molar refractivity (Wildman–Crippen MR) is 67.0 cm³/mol. The average Bonchev–Trinajstić information content (AvgIpc) is 2.95. The summed E-state index contributed by atoms with van der Waals surface area (Å²) < 4.78 is 0. The standard InChI is InChI=1S/C14H18N2/c1-15-14-12-7-3-2-6-11(12)10-13(14)16-8-4-5-9-16/h2-3,6-7,10,14-15H,4-5,8-9H2,1H3. The molecule has 2 aliphatic rings. The van der Waals surface area contributed by atoms with E-state index in [4.69, 9.17) is 0 Å². The first-order valence-electron chi connectivity index (χ1n) is 6.13. The second-order valence-corrected chi connectivity index (χ2v) is 4.61. The van der Waals surface area contributed by atoms with Crippen LogP contribution in [0.3, 0.4) is 0 Å². The molecule has 1 aliphatic heterocycles. The van der Waals surface area contributed by atoms with Crippen molar-refractivity contribution < 1.29 is 0 Å². The van der Waals surface area contributed by atoms with Crippen molar-refractivity contribution in [3.05, 3.63) is 41.1 Å². The van der Waals surface area contributed by atoms with E-state index in [1.54, 1.807) is 0 Å². The van der Waals surface area contributed by atoms with Gasteiger partial charge >= 0.3 is 0 Å². The Kier molecular flexibility index (Phi) is 2.44. The van der Waals surface area contributed by atoms with Gasteiger partial charge < -0.3 is 10.2 Å². The monoisotopic (exact) mass is 214 g/mol. The summed E-state index contributed by atoms with van der Waals surface area (Å²) in [6.45, 7) is 2.44. The van der Waals surface area contributed by atoms with Crippen LogP contribution >= 0.6 is 0 Å². The van der Waals surface area contributed by atoms with Crippen LogP contribution in [0.1, 0.15) is 30.0 Å². The molecular formula is C14H18N2. The fourth-order valence-corrected chi connectivity index (χ4v) is 2.86. The Labute approximate surface area is 97.0 Å². The molecule has 1 heterocycles. The van der Waals surface area contributed by atoms with Crippen molar-refractivity contribution in [2.24, 2.45) is 0 Å². The lowest BCUT2D eigenvalue weighted by atomic mass is 10.1. The molecule has 1 aromatic rings. The van der Waals surface area contributed by atoms with Crippen molar-refractivity contribution in [1.82, 2.24) is 10.2 Å². The van der Waals surface area contributed by atoms with Crippen LogP contribution < -0.4 is 5.32 Å². The zero-order valence-electron chi connectivity index (χ0n) is 9.74. The van der Waals surface area contributed by atoms with Gasteiger partial charge in [-0.1, -0.05) is 24.3 Å². The summed E-state index contributed by atoms with van der Waals surface area (Å²) in [5.41, 5.74) is 4.26. The summed E-state index contributed by atoms with van der Waals surface area (Å²) in [5.74, 6) is 0. The highest BCUT2D eigenvalue weighted by atomic mass is 15.2. The molecule has 2 heteroatoms. The van der Waals surface area contributed by atoms with E-state index < -0.39 is 0 Å². The maximum atomic E-state index is 3.44. The molecule has 1 unspecified atom stereocenters. The van der Waals surface area contributed by atoms with Gasteiger partial charge in [-0.2, -0.15) is 0 Å². The van der Waals surface area contributed by atoms with Crippen LogP contribution in [0, 0.1) is 0 Å². The number of rotatable bonds is 2. The summed E-state index contributed by atoms with van der Waals surface area (Å²) in [4.78, 5) is 2.53. The van der Waals surface area contributed by atoms with E-state index >= 15 is 0 Å². The average molecular weight is 214 g/mol. The minimum Gasteiger partial charge on any atom is -0.373 e. The number of nitrogens with zero attached hydrogens (tertiary/aromatic N) is 1. The Bertz CT molecular complexity index is 416. The number of nitrogens with one attached hydrogen (secondary N) is 1. The molecule has 1 atom stereocenters. The summed E-state index contributed by atoms with van der Waals surface area (Å²) in [6.07, 6.45) is 5.02. The van der Waals surface area contributed by atoms with Crippen molar-refractivity contribution in [3.8, 4) is 0 Å². The van der Waals surface area contributed by atoms with Crippen molar-refractivity contribution in [1.29, 1.82) is 0 Å². The Hall–Kier alpha value is -1.28. The Morgan fingerprint density at radius 1 is 1.19 bits per heavy atom. The fraction of sp³-hybridized carbons (Fsp3) is 0.429. The van der Waals surface area contributed by atoms with E-state index in [1.165, 1.54) is 42.8 Å². The third-order valence-corrected chi connectivity index (χ3v) is 3.67. The molecule has 0 radical (unpaired) electrons. The molecule has 1 fully saturated rings. The SMILES string of the molecule is CNC1C(N2CCCC2)=Cc2ccccc21. The second-order valence-electron chi connectivity index (χ2n) is 4.61. The second kappa shape index (κ2) is 3.95. The van der Waals surface area contributed by atoms with E-state index in [0.717, 1.165) is 0 Å². The van der Waals surface area contributed by atoms with Crippen LogP contribution in [0.4, 0.5) is 0 Å². The molecule has 0 aromatic heterocycles. The number of benzene rings is 1. The third kappa shape index (κ3) is 1.45. The first kappa shape index (κ1) is 9.91. The zero-order valence-corrected chi connectivity index (χ0v) is 9.74. The van der Waals surface area contributed by atoms with E-state index in [2.05, 4.69) is 47.6 Å². The van der Waals surface area contributed by atoms with Crippen LogP contribution in [0.2, 0.25) is 0 Å². The molecule has 1 N–H and O–H groups in total. The van der Waals surface area contributed by atoms with Crippen LogP contribution in [0.5, 0.6) is 0 Å². The van der Waals surface area contributed by atoms with Gasteiger partial charge in [0.1, 0.15) is 0 Å². The van der Waals surface area contributed by atoms with E-state index in [0.29, 0.717) is 6.04 Å². The number of hydrogen-bond acceptors (Lipinski definition) is 2. The van der Waals surface area contributed by atoms with Crippen LogP contribution in [-0.2, 0) is 0 Å². The van der Waals surface area contributed by atoms with E-state index in [-0.39, 0.29) is 0 Å². The summed E-state index contributed by atoms with van der Waals surface area (Å²) in [7, 11) is 2.05. The number of likely N-dealkylation sites (tertiary alicyclic amines) is 1. The predicted octanol–water partition coefficient (Wildman–Crippen LogP) is 2.40. The van der Waals surface area contributed by atoms with Crippen molar-refractivity contribution in [3.63, 3.8) is 0 Å². The van der Waals surface area contributed by atoms with Gasteiger partial charge in [0, 0.05) is 18.8 Å². The topological polar surface area (TPSA) is 15.3 Å². The van der Waals surface area contributed by atoms with E-state index in [9.17, 15) is 0 Å². The third-order valence-electron chi connectivity index (χ3n) is 3.67. The van der Waals surface area contributed by atoms with Gasteiger partial charge in [-0.05, 0) is 37.1 Å². The van der Waals surface area contributed by atoms with Gasteiger partial charge in [0.2, 0.25) is 0 Å². The highest BCUT2D eigenvalue weighted by Crippen LogP contribution is 2.37. The highest BCUT2D eigenvalue weighted by Gasteiger charge is 2.28. The summed E-state index contributed by atoms with van der Waals surface area (Å²) >= 11 is 0. The van der Waals surface area contributed by atoms with Crippen LogP contribution in [-0.4, -0.2) is 25.0 Å². The highest BCUT2D eigenvalue weighted by molar-refractivity contribution is 5.65.